The average Bonchev–Trinajstić information content (AvgIpc) is 2.43. The molecule has 1 aromatic rings. The van der Waals surface area contributed by atoms with Crippen molar-refractivity contribution in [1.82, 2.24) is 10.6 Å². The molecule has 0 radical (unpaired) electrons. The molecule has 1 unspecified atom stereocenters. The molecule has 0 aliphatic heterocycles. The first kappa shape index (κ1) is 15.3. The van der Waals surface area contributed by atoms with E-state index in [1.165, 1.54) is 0 Å². The molecule has 0 aliphatic rings. The maximum atomic E-state index is 11.5. The van der Waals surface area contributed by atoms with Crippen LogP contribution in [0.5, 0.6) is 5.75 Å². The van der Waals surface area contributed by atoms with Crippen LogP contribution in [0, 0.1) is 0 Å². The summed E-state index contributed by atoms with van der Waals surface area (Å²) in [5, 5.41) is 23.5. The van der Waals surface area contributed by atoms with Crippen LogP contribution in [-0.4, -0.2) is 35.4 Å². The van der Waals surface area contributed by atoms with E-state index in [1.54, 1.807) is 12.1 Å². The molecule has 0 aliphatic carbocycles. The molecule has 0 saturated heterocycles. The summed E-state index contributed by atoms with van der Waals surface area (Å²) in [5.41, 5.74) is 1.13. The van der Waals surface area contributed by atoms with Crippen molar-refractivity contribution in [2.24, 2.45) is 0 Å². The van der Waals surface area contributed by atoms with Crippen molar-refractivity contribution >= 4 is 6.03 Å². The lowest BCUT2D eigenvalue weighted by molar-refractivity contribution is 0.214. The van der Waals surface area contributed by atoms with Gasteiger partial charge >= 0.3 is 6.03 Å². The van der Waals surface area contributed by atoms with Gasteiger partial charge in [-0.3, -0.25) is 0 Å². The van der Waals surface area contributed by atoms with E-state index in [0.29, 0.717) is 13.0 Å². The van der Waals surface area contributed by atoms with Gasteiger partial charge in [-0.2, -0.15) is 0 Å². The molecule has 0 aromatic heterocycles. The Bertz CT molecular complexity index is 375. The highest BCUT2D eigenvalue weighted by atomic mass is 16.3. The van der Waals surface area contributed by atoms with Gasteiger partial charge in [0.05, 0.1) is 12.6 Å². The minimum Gasteiger partial charge on any atom is -0.508 e. The number of carbonyl (C=O) groups excluding carboxylic acids is 1. The normalized spacial score (nSPS) is 11.9. The fraction of sp³-hybridized carbons (Fsp3) is 0.500. The standard InChI is InChI=1S/C14H22N2O3/c1-2-12(10-17)16-14(19)15-9-3-4-11-5-7-13(18)8-6-11/h5-8,12,17-18H,2-4,9-10H2,1H3,(H2,15,16,19). The summed E-state index contributed by atoms with van der Waals surface area (Å²) >= 11 is 0. The number of aromatic hydroxyl groups is 1. The monoisotopic (exact) mass is 266 g/mol. The first-order chi connectivity index (χ1) is 9.15. The minimum absolute atomic E-state index is 0.0442. The summed E-state index contributed by atoms with van der Waals surface area (Å²) < 4.78 is 0. The van der Waals surface area contributed by atoms with E-state index in [1.807, 2.05) is 19.1 Å². The molecule has 0 spiro atoms. The second-order valence-corrected chi connectivity index (χ2v) is 4.46. The van der Waals surface area contributed by atoms with Crippen molar-refractivity contribution in [3.63, 3.8) is 0 Å². The quantitative estimate of drug-likeness (QED) is 0.563. The lowest BCUT2D eigenvalue weighted by Gasteiger charge is -2.14. The van der Waals surface area contributed by atoms with Gasteiger partial charge < -0.3 is 20.8 Å². The molecule has 0 bridgehead atoms. The molecule has 0 heterocycles. The van der Waals surface area contributed by atoms with E-state index in [4.69, 9.17) is 10.2 Å². The fourth-order valence-electron chi connectivity index (χ4n) is 1.67. The SMILES string of the molecule is CCC(CO)NC(=O)NCCCc1ccc(O)cc1. The Hall–Kier alpha value is -1.75. The Morgan fingerprint density at radius 1 is 1.32 bits per heavy atom. The average molecular weight is 266 g/mol. The summed E-state index contributed by atoms with van der Waals surface area (Å²) in [5.74, 6) is 0.260. The summed E-state index contributed by atoms with van der Waals surface area (Å²) in [4.78, 5) is 11.5. The van der Waals surface area contributed by atoms with Crippen LogP contribution < -0.4 is 10.6 Å². The maximum Gasteiger partial charge on any atom is 0.315 e. The number of urea groups is 1. The van der Waals surface area contributed by atoms with Crippen molar-refractivity contribution in [1.29, 1.82) is 0 Å². The van der Waals surface area contributed by atoms with Crippen LogP contribution in [0.25, 0.3) is 0 Å². The number of hydrogen-bond acceptors (Lipinski definition) is 3. The van der Waals surface area contributed by atoms with E-state index in [9.17, 15) is 4.79 Å². The molecule has 1 aromatic carbocycles. The topological polar surface area (TPSA) is 81.6 Å². The molecule has 1 rings (SSSR count). The van der Waals surface area contributed by atoms with Gasteiger partial charge in [-0.05, 0) is 37.0 Å². The zero-order valence-corrected chi connectivity index (χ0v) is 11.2. The summed E-state index contributed by atoms with van der Waals surface area (Å²) in [7, 11) is 0. The van der Waals surface area contributed by atoms with E-state index in [-0.39, 0.29) is 24.4 Å². The third-order valence-corrected chi connectivity index (χ3v) is 2.91. The van der Waals surface area contributed by atoms with Gasteiger partial charge in [-0.25, -0.2) is 4.79 Å². The number of carbonyl (C=O) groups is 1. The van der Waals surface area contributed by atoms with Gasteiger partial charge in [0, 0.05) is 6.54 Å². The van der Waals surface area contributed by atoms with Gasteiger partial charge in [0.25, 0.3) is 0 Å². The molecule has 5 heteroatoms. The Labute approximate surface area is 113 Å². The molecule has 2 amide bonds. The largest absolute Gasteiger partial charge is 0.508 e. The molecule has 5 nitrogen and oxygen atoms in total. The van der Waals surface area contributed by atoms with Crippen LogP contribution in [0.1, 0.15) is 25.3 Å². The van der Waals surface area contributed by atoms with Crippen LogP contribution in [0.2, 0.25) is 0 Å². The van der Waals surface area contributed by atoms with Crippen molar-refractivity contribution in [2.75, 3.05) is 13.2 Å². The highest BCUT2D eigenvalue weighted by Gasteiger charge is 2.07. The van der Waals surface area contributed by atoms with E-state index >= 15 is 0 Å². The number of phenols is 1. The number of benzene rings is 1. The highest BCUT2D eigenvalue weighted by Crippen LogP contribution is 2.10. The molecule has 1 atom stereocenters. The van der Waals surface area contributed by atoms with Crippen molar-refractivity contribution in [3.8, 4) is 5.75 Å². The van der Waals surface area contributed by atoms with Crippen LogP contribution >= 0.6 is 0 Å². The molecule has 0 fully saturated rings. The lowest BCUT2D eigenvalue weighted by atomic mass is 10.1. The van der Waals surface area contributed by atoms with Crippen molar-refractivity contribution in [2.45, 2.75) is 32.2 Å². The Morgan fingerprint density at radius 3 is 2.58 bits per heavy atom. The number of rotatable bonds is 7. The van der Waals surface area contributed by atoms with Crippen LogP contribution in [-0.2, 0) is 6.42 Å². The molecule has 4 N–H and O–H groups in total. The first-order valence-electron chi connectivity index (χ1n) is 6.58. The van der Waals surface area contributed by atoms with Crippen LogP contribution in [0.15, 0.2) is 24.3 Å². The second-order valence-electron chi connectivity index (χ2n) is 4.46. The molecular formula is C14H22N2O3. The summed E-state index contributed by atoms with van der Waals surface area (Å²) in [6.07, 6.45) is 2.38. The molecular weight excluding hydrogens is 244 g/mol. The van der Waals surface area contributed by atoms with Gasteiger partial charge in [0.1, 0.15) is 5.75 Å². The number of amides is 2. The number of aryl methyl sites for hydroxylation is 1. The van der Waals surface area contributed by atoms with Gasteiger partial charge in [-0.1, -0.05) is 19.1 Å². The number of aliphatic hydroxyl groups is 1. The number of phenolic OH excluding ortho intramolecular Hbond substituents is 1. The van der Waals surface area contributed by atoms with Crippen LogP contribution in [0.3, 0.4) is 0 Å². The smallest absolute Gasteiger partial charge is 0.315 e. The van der Waals surface area contributed by atoms with Crippen molar-refractivity contribution in [3.05, 3.63) is 29.8 Å². The third-order valence-electron chi connectivity index (χ3n) is 2.91. The second kappa shape index (κ2) is 8.37. The molecule has 0 saturated carbocycles. The third kappa shape index (κ3) is 6.10. The van der Waals surface area contributed by atoms with Gasteiger partial charge in [0.15, 0.2) is 0 Å². The predicted octanol–water partition coefficient (Wildman–Crippen LogP) is 1.39. The van der Waals surface area contributed by atoms with E-state index in [2.05, 4.69) is 10.6 Å². The van der Waals surface area contributed by atoms with Gasteiger partial charge in [0.2, 0.25) is 0 Å². The van der Waals surface area contributed by atoms with E-state index in [0.717, 1.165) is 18.4 Å². The zero-order valence-electron chi connectivity index (χ0n) is 11.2. The number of aliphatic hydroxyl groups excluding tert-OH is 1. The summed E-state index contributed by atoms with van der Waals surface area (Å²) in [6.45, 7) is 2.44. The first-order valence-corrected chi connectivity index (χ1v) is 6.58. The zero-order chi connectivity index (χ0) is 14.1. The predicted molar refractivity (Wildman–Crippen MR) is 74.1 cm³/mol. The fourth-order valence-corrected chi connectivity index (χ4v) is 1.67. The maximum absolute atomic E-state index is 11.5. The van der Waals surface area contributed by atoms with Crippen LogP contribution in [0.4, 0.5) is 4.79 Å². The Morgan fingerprint density at radius 2 is 2.00 bits per heavy atom. The van der Waals surface area contributed by atoms with Gasteiger partial charge in [-0.15, -0.1) is 0 Å². The number of hydrogen-bond donors (Lipinski definition) is 4. The molecule has 19 heavy (non-hydrogen) atoms. The Balaban J connectivity index is 2.16. The van der Waals surface area contributed by atoms with E-state index < -0.39 is 0 Å². The summed E-state index contributed by atoms with van der Waals surface area (Å²) in [6, 6.07) is 6.62. The Kier molecular flexibility index (Phi) is 6.74. The highest BCUT2D eigenvalue weighted by molar-refractivity contribution is 5.74. The molecule has 106 valence electrons. The lowest BCUT2D eigenvalue weighted by Crippen LogP contribution is -2.43. The minimum atomic E-state index is -0.244. The number of nitrogens with one attached hydrogen (secondary N) is 2. The van der Waals surface area contributed by atoms with Crippen molar-refractivity contribution < 1.29 is 15.0 Å².